The second-order valence-electron chi connectivity index (χ2n) is 5.60. The Morgan fingerprint density at radius 2 is 1.71 bits per heavy atom. The maximum absolute atomic E-state index is 11.3. The fourth-order valence-electron chi connectivity index (χ4n) is 1.32. The van der Waals surface area contributed by atoms with Gasteiger partial charge >= 0.3 is 6.09 Å². The van der Waals surface area contributed by atoms with E-state index in [4.69, 9.17) is 4.74 Å². The largest absolute Gasteiger partial charge is 0.444 e. The van der Waals surface area contributed by atoms with E-state index in [1.807, 2.05) is 20.8 Å². The van der Waals surface area contributed by atoms with Crippen LogP contribution in [0.4, 0.5) is 4.79 Å². The van der Waals surface area contributed by atoms with E-state index in [1.165, 1.54) is 0 Å². The molecule has 0 spiro atoms. The third kappa shape index (κ3) is 13.2. The van der Waals surface area contributed by atoms with E-state index in [2.05, 4.69) is 24.5 Å². The van der Waals surface area contributed by atoms with Crippen LogP contribution in [0.1, 0.15) is 53.9 Å². The third-order valence-electron chi connectivity index (χ3n) is 2.07. The predicted molar refractivity (Wildman–Crippen MR) is 71.2 cm³/mol. The molecule has 0 aromatic heterocycles. The summed E-state index contributed by atoms with van der Waals surface area (Å²) in [6.45, 7) is 11.6. The summed E-state index contributed by atoms with van der Waals surface area (Å²) in [5, 5.41) is 6.12. The number of carbonyl (C=O) groups excluding carboxylic acids is 1. The first-order valence-electron chi connectivity index (χ1n) is 6.51. The molecule has 0 radical (unpaired) electrons. The summed E-state index contributed by atoms with van der Waals surface area (Å²) in [6, 6.07) is 0.551. The number of amides is 1. The first-order valence-corrected chi connectivity index (χ1v) is 6.51. The molecule has 4 nitrogen and oxygen atoms in total. The number of alkyl carbamates (subject to hydrolysis) is 1. The third-order valence-corrected chi connectivity index (χ3v) is 2.07. The van der Waals surface area contributed by atoms with Crippen molar-refractivity contribution < 1.29 is 9.53 Å². The molecule has 0 rings (SSSR count). The minimum atomic E-state index is -0.411. The summed E-state index contributed by atoms with van der Waals surface area (Å²) >= 11 is 0. The SMILES string of the molecule is CC(C)NCCCCCNC(=O)OC(C)(C)C. The Hall–Kier alpha value is -0.770. The topological polar surface area (TPSA) is 50.4 Å². The fraction of sp³-hybridized carbons (Fsp3) is 0.923. The van der Waals surface area contributed by atoms with Crippen LogP contribution in [0.3, 0.4) is 0 Å². The Balaban J connectivity index is 3.31. The summed E-state index contributed by atoms with van der Waals surface area (Å²) in [7, 11) is 0. The van der Waals surface area contributed by atoms with E-state index in [-0.39, 0.29) is 6.09 Å². The number of carbonyl (C=O) groups is 1. The van der Waals surface area contributed by atoms with Crippen LogP contribution in [-0.2, 0) is 4.74 Å². The van der Waals surface area contributed by atoms with Gasteiger partial charge in [-0.25, -0.2) is 4.79 Å². The quantitative estimate of drug-likeness (QED) is 0.677. The summed E-state index contributed by atoms with van der Waals surface area (Å²) in [5.41, 5.74) is -0.411. The van der Waals surface area contributed by atoms with Crippen LogP contribution in [-0.4, -0.2) is 30.8 Å². The zero-order valence-electron chi connectivity index (χ0n) is 11.9. The van der Waals surface area contributed by atoms with Gasteiger partial charge in [0.05, 0.1) is 0 Å². The van der Waals surface area contributed by atoms with Gasteiger partial charge in [-0.2, -0.15) is 0 Å². The lowest BCUT2D eigenvalue weighted by Gasteiger charge is -2.19. The van der Waals surface area contributed by atoms with E-state index in [0.717, 1.165) is 25.8 Å². The lowest BCUT2D eigenvalue weighted by atomic mass is 10.2. The maximum Gasteiger partial charge on any atom is 0.407 e. The van der Waals surface area contributed by atoms with E-state index in [1.54, 1.807) is 0 Å². The molecule has 0 unspecified atom stereocenters. The van der Waals surface area contributed by atoms with Crippen LogP contribution in [0.2, 0.25) is 0 Å². The van der Waals surface area contributed by atoms with Crippen LogP contribution in [0.5, 0.6) is 0 Å². The van der Waals surface area contributed by atoms with Gasteiger partial charge in [0.1, 0.15) is 5.60 Å². The van der Waals surface area contributed by atoms with Gasteiger partial charge in [0.2, 0.25) is 0 Å². The first kappa shape index (κ1) is 16.2. The fourth-order valence-corrected chi connectivity index (χ4v) is 1.32. The Morgan fingerprint density at radius 3 is 2.24 bits per heavy atom. The molecule has 17 heavy (non-hydrogen) atoms. The zero-order chi connectivity index (χ0) is 13.3. The van der Waals surface area contributed by atoms with Gasteiger partial charge in [-0.3, -0.25) is 0 Å². The van der Waals surface area contributed by atoms with Crippen LogP contribution in [0.15, 0.2) is 0 Å². The van der Waals surface area contributed by atoms with E-state index in [9.17, 15) is 4.79 Å². The number of rotatable bonds is 7. The van der Waals surface area contributed by atoms with Crippen molar-refractivity contribution in [3.63, 3.8) is 0 Å². The Labute approximate surface area is 105 Å². The molecule has 0 aromatic carbocycles. The summed E-state index contributed by atoms with van der Waals surface area (Å²) in [4.78, 5) is 11.3. The summed E-state index contributed by atoms with van der Waals surface area (Å²) in [5.74, 6) is 0. The van der Waals surface area contributed by atoms with Gasteiger partial charge in [0.15, 0.2) is 0 Å². The van der Waals surface area contributed by atoms with Gasteiger partial charge < -0.3 is 15.4 Å². The van der Waals surface area contributed by atoms with Crippen LogP contribution >= 0.6 is 0 Å². The molecule has 0 aliphatic carbocycles. The highest BCUT2D eigenvalue weighted by atomic mass is 16.6. The van der Waals surface area contributed by atoms with Crippen molar-refractivity contribution >= 4 is 6.09 Å². The molecule has 0 aliphatic rings. The Morgan fingerprint density at radius 1 is 1.12 bits per heavy atom. The van der Waals surface area contributed by atoms with Crippen molar-refractivity contribution in [1.82, 2.24) is 10.6 Å². The smallest absolute Gasteiger partial charge is 0.407 e. The first-order chi connectivity index (χ1) is 7.81. The Bertz CT molecular complexity index is 210. The molecule has 0 heterocycles. The summed E-state index contributed by atoms with van der Waals surface area (Å²) in [6.07, 6.45) is 2.95. The lowest BCUT2D eigenvalue weighted by Crippen LogP contribution is -2.33. The van der Waals surface area contributed by atoms with Gasteiger partial charge in [-0.1, -0.05) is 20.3 Å². The molecule has 102 valence electrons. The van der Waals surface area contributed by atoms with Crippen molar-refractivity contribution in [3.8, 4) is 0 Å². The molecule has 2 N–H and O–H groups in total. The van der Waals surface area contributed by atoms with Gasteiger partial charge in [-0.05, 0) is 40.2 Å². The van der Waals surface area contributed by atoms with E-state index in [0.29, 0.717) is 12.6 Å². The van der Waals surface area contributed by atoms with Crippen LogP contribution in [0.25, 0.3) is 0 Å². The van der Waals surface area contributed by atoms with Gasteiger partial charge in [0.25, 0.3) is 0 Å². The zero-order valence-corrected chi connectivity index (χ0v) is 11.9. The molecular formula is C13H28N2O2. The van der Waals surface area contributed by atoms with Crippen molar-refractivity contribution in [2.75, 3.05) is 13.1 Å². The normalized spacial score (nSPS) is 11.6. The van der Waals surface area contributed by atoms with Crippen molar-refractivity contribution in [3.05, 3.63) is 0 Å². The molecule has 0 aromatic rings. The van der Waals surface area contributed by atoms with Crippen molar-refractivity contribution in [1.29, 1.82) is 0 Å². The number of hydrogen-bond donors (Lipinski definition) is 2. The van der Waals surface area contributed by atoms with Gasteiger partial charge in [0, 0.05) is 12.6 Å². The minimum absolute atomic E-state index is 0.321. The molecular weight excluding hydrogens is 216 g/mol. The second kappa shape index (κ2) is 8.34. The second-order valence-corrected chi connectivity index (χ2v) is 5.60. The van der Waals surface area contributed by atoms with Gasteiger partial charge in [-0.15, -0.1) is 0 Å². The monoisotopic (exact) mass is 244 g/mol. The van der Waals surface area contributed by atoms with Crippen molar-refractivity contribution in [2.24, 2.45) is 0 Å². The number of hydrogen-bond acceptors (Lipinski definition) is 3. The lowest BCUT2D eigenvalue weighted by molar-refractivity contribution is 0.0527. The highest BCUT2D eigenvalue weighted by Crippen LogP contribution is 2.06. The van der Waals surface area contributed by atoms with Crippen LogP contribution < -0.4 is 10.6 Å². The highest BCUT2D eigenvalue weighted by molar-refractivity contribution is 5.67. The highest BCUT2D eigenvalue weighted by Gasteiger charge is 2.15. The molecule has 0 atom stereocenters. The molecule has 0 aliphatic heterocycles. The number of nitrogens with one attached hydrogen (secondary N) is 2. The average Bonchev–Trinajstić information content (AvgIpc) is 2.12. The van der Waals surface area contributed by atoms with Crippen molar-refractivity contribution in [2.45, 2.75) is 65.5 Å². The number of ether oxygens (including phenoxy) is 1. The predicted octanol–water partition coefficient (Wildman–Crippen LogP) is 2.68. The standard InChI is InChI=1S/C13H28N2O2/c1-11(2)14-9-7-6-8-10-15-12(16)17-13(3,4)5/h11,14H,6-10H2,1-5H3,(H,15,16). The molecule has 0 saturated heterocycles. The molecule has 0 saturated carbocycles. The number of unbranched alkanes of at least 4 members (excludes halogenated alkanes) is 2. The Kier molecular flexibility index (Phi) is 7.96. The summed E-state index contributed by atoms with van der Waals surface area (Å²) < 4.78 is 5.13. The molecule has 0 bridgehead atoms. The maximum atomic E-state index is 11.3. The average molecular weight is 244 g/mol. The molecule has 0 fully saturated rings. The molecule has 4 heteroatoms. The van der Waals surface area contributed by atoms with E-state index >= 15 is 0 Å². The van der Waals surface area contributed by atoms with Crippen LogP contribution in [0, 0.1) is 0 Å². The molecule has 1 amide bonds. The van der Waals surface area contributed by atoms with E-state index < -0.39 is 5.60 Å². The minimum Gasteiger partial charge on any atom is -0.444 e.